The largest absolute Gasteiger partial charge is 0.481 e. The lowest BCUT2D eigenvalue weighted by Gasteiger charge is -2.31. The van der Waals surface area contributed by atoms with Crippen LogP contribution in [0.5, 0.6) is 0 Å². The van der Waals surface area contributed by atoms with Gasteiger partial charge in [-0.1, -0.05) is 13.8 Å². The van der Waals surface area contributed by atoms with Crippen molar-refractivity contribution in [1.29, 1.82) is 0 Å². The Morgan fingerprint density at radius 1 is 1.43 bits per heavy atom. The Morgan fingerprint density at radius 2 is 2.00 bits per heavy atom. The average molecular weight is 199 g/mol. The zero-order chi connectivity index (χ0) is 10.9. The van der Waals surface area contributed by atoms with Crippen LogP contribution in [-0.2, 0) is 4.79 Å². The number of aliphatic carboxylic acids is 1. The van der Waals surface area contributed by atoms with E-state index >= 15 is 0 Å². The van der Waals surface area contributed by atoms with Gasteiger partial charge in [0, 0.05) is 18.6 Å². The Hall–Kier alpha value is -0.570. The van der Waals surface area contributed by atoms with Crippen LogP contribution in [0, 0.1) is 11.8 Å². The van der Waals surface area contributed by atoms with Gasteiger partial charge in [-0.3, -0.25) is 9.69 Å². The van der Waals surface area contributed by atoms with Gasteiger partial charge in [-0.25, -0.2) is 0 Å². The number of hydrogen-bond donors (Lipinski definition) is 1. The minimum absolute atomic E-state index is 0.146. The third-order valence-corrected chi connectivity index (χ3v) is 3.47. The van der Waals surface area contributed by atoms with Crippen molar-refractivity contribution >= 4 is 5.97 Å². The van der Waals surface area contributed by atoms with E-state index in [1.165, 1.54) is 6.42 Å². The molecule has 4 unspecified atom stereocenters. The van der Waals surface area contributed by atoms with Crippen LogP contribution in [0.2, 0.25) is 0 Å². The van der Waals surface area contributed by atoms with Gasteiger partial charge in [0.25, 0.3) is 0 Å². The molecule has 0 saturated carbocycles. The third kappa shape index (κ3) is 2.27. The summed E-state index contributed by atoms with van der Waals surface area (Å²) in [6.45, 7) is 9.28. The van der Waals surface area contributed by atoms with Gasteiger partial charge in [-0.2, -0.15) is 0 Å². The Labute approximate surface area is 86.1 Å². The van der Waals surface area contributed by atoms with E-state index in [9.17, 15) is 4.79 Å². The zero-order valence-electron chi connectivity index (χ0n) is 9.53. The predicted molar refractivity (Wildman–Crippen MR) is 56.2 cm³/mol. The Kier molecular flexibility index (Phi) is 3.53. The van der Waals surface area contributed by atoms with Gasteiger partial charge in [0.05, 0.1) is 5.92 Å². The summed E-state index contributed by atoms with van der Waals surface area (Å²) >= 11 is 0. The van der Waals surface area contributed by atoms with Gasteiger partial charge >= 0.3 is 5.97 Å². The molecule has 0 bridgehead atoms. The van der Waals surface area contributed by atoms with E-state index in [1.807, 2.05) is 6.92 Å². The van der Waals surface area contributed by atoms with Crippen LogP contribution in [0.4, 0.5) is 0 Å². The molecule has 82 valence electrons. The van der Waals surface area contributed by atoms with Crippen LogP contribution < -0.4 is 0 Å². The van der Waals surface area contributed by atoms with Gasteiger partial charge in [-0.15, -0.1) is 0 Å². The summed E-state index contributed by atoms with van der Waals surface area (Å²) in [7, 11) is 0. The molecule has 1 saturated heterocycles. The van der Waals surface area contributed by atoms with Crippen molar-refractivity contribution < 1.29 is 9.90 Å². The van der Waals surface area contributed by atoms with Crippen molar-refractivity contribution in [2.24, 2.45) is 11.8 Å². The highest BCUT2D eigenvalue weighted by Crippen LogP contribution is 2.27. The number of carboxylic acids is 1. The van der Waals surface area contributed by atoms with Crippen molar-refractivity contribution in [3.8, 4) is 0 Å². The molecular formula is C11H21NO2. The maximum atomic E-state index is 10.9. The lowest BCUT2D eigenvalue weighted by molar-refractivity contribution is -0.143. The van der Waals surface area contributed by atoms with E-state index in [2.05, 4.69) is 18.7 Å². The highest BCUT2D eigenvalue weighted by Gasteiger charge is 2.33. The van der Waals surface area contributed by atoms with Crippen LogP contribution >= 0.6 is 0 Å². The molecule has 0 aromatic carbocycles. The maximum Gasteiger partial charge on any atom is 0.307 e. The van der Waals surface area contributed by atoms with Gasteiger partial charge in [0.2, 0.25) is 0 Å². The molecule has 1 aliphatic heterocycles. The van der Waals surface area contributed by atoms with E-state index in [4.69, 9.17) is 5.11 Å². The molecule has 0 amide bonds. The molecule has 1 fully saturated rings. The fourth-order valence-electron chi connectivity index (χ4n) is 2.39. The van der Waals surface area contributed by atoms with Gasteiger partial charge in [0.1, 0.15) is 0 Å². The van der Waals surface area contributed by atoms with Crippen LogP contribution in [0.3, 0.4) is 0 Å². The van der Waals surface area contributed by atoms with Crippen LogP contribution in [0.1, 0.15) is 34.1 Å². The molecule has 3 heteroatoms. The van der Waals surface area contributed by atoms with Crippen LogP contribution in [0.15, 0.2) is 0 Å². The first-order valence-corrected chi connectivity index (χ1v) is 5.42. The molecule has 1 N–H and O–H groups in total. The molecule has 0 radical (unpaired) electrons. The fraction of sp³-hybridized carbons (Fsp3) is 0.909. The summed E-state index contributed by atoms with van der Waals surface area (Å²) in [5.74, 6) is -0.263. The second-order valence-electron chi connectivity index (χ2n) is 4.75. The number of nitrogens with zero attached hydrogens (tertiary/aromatic N) is 1. The van der Waals surface area contributed by atoms with Gasteiger partial charge < -0.3 is 5.11 Å². The van der Waals surface area contributed by atoms with E-state index in [-0.39, 0.29) is 12.0 Å². The number of hydrogen-bond acceptors (Lipinski definition) is 2. The standard InChI is InChI=1S/C11H21NO2/c1-7-5-8(2)12(6-7)10(4)9(3)11(13)14/h7-10H,5-6H2,1-4H3,(H,13,14). The molecule has 0 aromatic heterocycles. The Morgan fingerprint density at radius 3 is 2.36 bits per heavy atom. The zero-order valence-corrected chi connectivity index (χ0v) is 9.53. The molecule has 1 aliphatic rings. The van der Waals surface area contributed by atoms with Crippen molar-refractivity contribution in [2.75, 3.05) is 6.54 Å². The molecule has 0 spiro atoms. The van der Waals surface area contributed by atoms with Crippen molar-refractivity contribution in [3.63, 3.8) is 0 Å². The Bertz CT molecular complexity index is 217. The summed E-state index contributed by atoms with van der Waals surface area (Å²) in [6.07, 6.45) is 1.19. The number of carboxylic acid groups (broad SMARTS) is 1. The second kappa shape index (κ2) is 4.30. The molecule has 0 aliphatic carbocycles. The summed E-state index contributed by atoms with van der Waals surface area (Å²) in [5, 5.41) is 8.94. The van der Waals surface area contributed by atoms with Crippen LogP contribution in [-0.4, -0.2) is 34.6 Å². The maximum absolute atomic E-state index is 10.9. The molecule has 0 aromatic rings. The monoisotopic (exact) mass is 199 g/mol. The molecule has 1 rings (SSSR count). The smallest absolute Gasteiger partial charge is 0.307 e. The normalized spacial score (nSPS) is 32.9. The summed E-state index contributed by atoms with van der Waals surface area (Å²) in [6, 6.07) is 0.675. The van der Waals surface area contributed by atoms with E-state index < -0.39 is 5.97 Å². The van der Waals surface area contributed by atoms with Gasteiger partial charge in [-0.05, 0) is 26.2 Å². The lowest BCUT2D eigenvalue weighted by Crippen LogP contribution is -2.42. The van der Waals surface area contributed by atoms with Crippen molar-refractivity contribution in [3.05, 3.63) is 0 Å². The quantitative estimate of drug-likeness (QED) is 0.753. The average Bonchev–Trinajstić information content (AvgIpc) is 2.42. The molecule has 3 nitrogen and oxygen atoms in total. The first-order chi connectivity index (χ1) is 6.43. The fourth-order valence-corrected chi connectivity index (χ4v) is 2.39. The van der Waals surface area contributed by atoms with E-state index in [0.717, 1.165) is 6.54 Å². The third-order valence-electron chi connectivity index (χ3n) is 3.47. The lowest BCUT2D eigenvalue weighted by atomic mass is 10.0. The minimum atomic E-state index is -0.691. The summed E-state index contributed by atoms with van der Waals surface area (Å²) in [4.78, 5) is 13.2. The number of likely N-dealkylation sites (tertiary alicyclic amines) is 1. The van der Waals surface area contributed by atoms with E-state index in [0.29, 0.717) is 12.0 Å². The highest BCUT2D eigenvalue weighted by molar-refractivity contribution is 5.70. The first kappa shape index (κ1) is 11.5. The van der Waals surface area contributed by atoms with Crippen LogP contribution in [0.25, 0.3) is 0 Å². The highest BCUT2D eigenvalue weighted by atomic mass is 16.4. The second-order valence-corrected chi connectivity index (χ2v) is 4.75. The molecule has 14 heavy (non-hydrogen) atoms. The molecular weight excluding hydrogens is 178 g/mol. The Balaban J connectivity index is 2.60. The van der Waals surface area contributed by atoms with E-state index in [1.54, 1.807) is 6.92 Å². The molecule has 4 atom stereocenters. The predicted octanol–water partition coefficient (Wildman–Crippen LogP) is 1.83. The van der Waals surface area contributed by atoms with Gasteiger partial charge in [0.15, 0.2) is 0 Å². The SMILES string of the molecule is CC1CC(C)N(C(C)C(C)C(=O)O)C1. The number of rotatable bonds is 3. The first-order valence-electron chi connectivity index (χ1n) is 5.42. The minimum Gasteiger partial charge on any atom is -0.481 e. The number of carbonyl (C=O) groups is 1. The summed E-state index contributed by atoms with van der Waals surface area (Å²) < 4.78 is 0. The topological polar surface area (TPSA) is 40.5 Å². The van der Waals surface area contributed by atoms with Crippen molar-refractivity contribution in [2.45, 2.75) is 46.2 Å². The molecule has 1 heterocycles. The van der Waals surface area contributed by atoms with Crippen molar-refractivity contribution in [1.82, 2.24) is 4.90 Å². The summed E-state index contributed by atoms with van der Waals surface area (Å²) in [5.41, 5.74) is 0.